The third-order valence-corrected chi connectivity index (χ3v) is 4.86. The minimum atomic E-state index is 0.457. The van der Waals surface area contributed by atoms with Gasteiger partial charge in [-0.2, -0.15) is 0 Å². The van der Waals surface area contributed by atoms with Crippen LogP contribution in [0.2, 0.25) is 0 Å². The molecule has 2 fully saturated rings. The second-order valence-electron chi connectivity index (χ2n) is 6.25. The molecule has 20 heavy (non-hydrogen) atoms. The summed E-state index contributed by atoms with van der Waals surface area (Å²) in [6.45, 7) is 8.21. The number of rotatable bonds is 7. The van der Waals surface area contributed by atoms with Gasteiger partial charge < -0.3 is 15.4 Å². The van der Waals surface area contributed by atoms with Gasteiger partial charge in [0.25, 0.3) is 0 Å². The van der Waals surface area contributed by atoms with Crippen LogP contribution < -0.4 is 10.6 Å². The Morgan fingerprint density at radius 3 is 2.65 bits per heavy atom. The molecule has 1 saturated heterocycles. The molecule has 0 radical (unpaired) electrons. The van der Waals surface area contributed by atoms with Crippen LogP contribution in [0, 0.1) is 5.41 Å². The Kier molecular flexibility index (Phi) is 6.14. The molecule has 0 aromatic carbocycles. The molecule has 0 aromatic rings. The van der Waals surface area contributed by atoms with Crippen LogP contribution in [0.1, 0.15) is 58.8 Å². The van der Waals surface area contributed by atoms with Gasteiger partial charge in [0.05, 0.1) is 6.10 Å². The second kappa shape index (κ2) is 7.87. The standard InChI is InChI=1S/C16H31N3O/c1-3-16(9-6-10-16)13-19-15(17-4-2)18-11-8-14-7-5-12-20-14/h14H,3-13H2,1-2H3,(H2,17,18,19). The number of nitrogens with one attached hydrogen (secondary N) is 2. The number of ether oxygens (including phenoxy) is 1. The Bertz CT molecular complexity index is 301. The first-order valence-corrected chi connectivity index (χ1v) is 8.42. The van der Waals surface area contributed by atoms with Crippen LogP contribution >= 0.6 is 0 Å². The highest BCUT2D eigenvalue weighted by Gasteiger charge is 2.34. The molecule has 1 aliphatic heterocycles. The number of guanidine groups is 1. The molecule has 1 atom stereocenters. The molecule has 0 amide bonds. The van der Waals surface area contributed by atoms with Crippen molar-refractivity contribution in [1.29, 1.82) is 0 Å². The lowest BCUT2D eigenvalue weighted by Gasteiger charge is -2.40. The summed E-state index contributed by atoms with van der Waals surface area (Å²) in [5.74, 6) is 0.977. The van der Waals surface area contributed by atoms with Gasteiger partial charge in [0, 0.05) is 26.2 Å². The summed E-state index contributed by atoms with van der Waals surface area (Å²) in [4.78, 5) is 4.80. The fraction of sp³-hybridized carbons (Fsp3) is 0.938. The monoisotopic (exact) mass is 281 g/mol. The largest absolute Gasteiger partial charge is 0.378 e. The van der Waals surface area contributed by atoms with E-state index in [4.69, 9.17) is 9.73 Å². The molecule has 4 heteroatoms. The van der Waals surface area contributed by atoms with E-state index in [0.29, 0.717) is 11.5 Å². The van der Waals surface area contributed by atoms with Crippen molar-refractivity contribution in [3.8, 4) is 0 Å². The van der Waals surface area contributed by atoms with E-state index in [0.717, 1.165) is 38.6 Å². The molecule has 0 spiro atoms. The molecule has 1 saturated carbocycles. The van der Waals surface area contributed by atoms with Crippen LogP contribution in [0.4, 0.5) is 0 Å². The van der Waals surface area contributed by atoms with Crippen molar-refractivity contribution in [1.82, 2.24) is 10.6 Å². The lowest BCUT2D eigenvalue weighted by molar-refractivity contribution is 0.105. The maximum Gasteiger partial charge on any atom is 0.191 e. The average Bonchev–Trinajstić information content (AvgIpc) is 2.91. The van der Waals surface area contributed by atoms with E-state index in [1.165, 1.54) is 38.5 Å². The van der Waals surface area contributed by atoms with Crippen LogP contribution in [0.3, 0.4) is 0 Å². The first-order valence-electron chi connectivity index (χ1n) is 8.42. The van der Waals surface area contributed by atoms with Gasteiger partial charge in [0.1, 0.15) is 0 Å². The molecule has 116 valence electrons. The van der Waals surface area contributed by atoms with Gasteiger partial charge in [-0.3, -0.25) is 4.99 Å². The van der Waals surface area contributed by atoms with Crippen LogP contribution in [0.15, 0.2) is 4.99 Å². The Morgan fingerprint density at radius 2 is 2.10 bits per heavy atom. The fourth-order valence-corrected chi connectivity index (χ4v) is 3.11. The van der Waals surface area contributed by atoms with Gasteiger partial charge in [-0.05, 0) is 50.9 Å². The maximum absolute atomic E-state index is 5.65. The van der Waals surface area contributed by atoms with Crippen molar-refractivity contribution in [3.63, 3.8) is 0 Å². The predicted octanol–water partition coefficient (Wildman–Crippen LogP) is 2.69. The third-order valence-electron chi connectivity index (χ3n) is 4.86. The van der Waals surface area contributed by atoms with E-state index in [1.807, 2.05) is 0 Å². The lowest BCUT2D eigenvalue weighted by Crippen LogP contribution is -2.40. The number of nitrogens with zero attached hydrogens (tertiary/aromatic N) is 1. The molecule has 1 unspecified atom stereocenters. The summed E-state index contributed by atoms with van der Waals surface area (Å²) in [7, 11) is 0. The summed E-state index contributed by atoms with van der Waals surface area (Å²) >= 11 is 0. The summed E-state index contributed by atoms with van der Waals surface area (Å²) in [5.41, 5.74) is 0.497. The molecule has 1 aliphatic carbocycles. The zero-order chi connectivity index (χ0) is 14.3. The smallest absolute Gasteiger partial charge is 0.191 e. The minimum Gasteiger partial charge on any atom is -0.378 e. The molecular weight excluding hydrogens is 250 g/mol. The Labute approximate surface area is 123 Å². The van der Waals surface area contributed by atoms with Gasteiger partial charge in [0.15, 0.2) is 5.96 Å². The molecule has 0 aromatic heterocycles. The predicted molar refractivity (Wildman–Crippen MR) is 84.1 cm³/mol. The Balaban J connectivity index is 1.73. The topological polar surface area (TPSA) is 45.7 Å². The van der Waals surface area contributed by atoms with Gasteiger partial charge in [-0.25, -0.2) is 0 Å². The number of hydrogen-bond donors (Lipinski definition) is 2. The fourth-order valence-electron chi connectivity index (χ4n) is 3.11. The van der Waals surface area contributed by atoms with Gasteiger partial charge in [0.2, 0.25) is 0 Å². The summed E-state index contributed by atoms with van der Waals surface area (Å²) < 4.78 is 5.65. The van der Waals surface area contributed by atoms with Crippen LogP contribution in [0.25, 0.3) is 0 Å². The number of aliphatic imine (C=N–C) groups is 1. The molecule has 2 aliphatic rings. The van der Waals surface area contributed by atoms with Gasteiger partial charge in [-0.15, -0.1) is 0 Å². The normalized spacial score (nSPS) is 25.3. The van der Waals surface area contributed by atoms with Gasteiger partial charge >= 0.3 is 0 Å². The highest BCUT2D eigenvalue weighted by Crippen LogP contribution is 2.43. The van der Waals surface area contributed by atoms with E-state index in [1.54, 1.807) is 0 Å². The summed E-state index contributed by atoms with van der Waals surface area (Å²) in [6, 6.07) is 0. The molecule has 0 bridgehead atoms. The van der Waals surface area contributed by atoms with E-state index < -0.39 is 0 Å². The third kappa shape index (κ3) is 4.37. The van der Waals surface area contributed by atoms with Gasteiger partial charge in [-0.1, -0.05) is 13.3 Å². The zero-order valence-electron chi connectivity index (χ0n) is 13.2. The van der Waals surface area contributed by atoms with Crippen LogP contribution in [0.5, 0.6) is 0 Å². The van der Waals surface area contributed by atoms with Crippen molar-refractivity contribution < 1.29 is 4.74 Å². The SMILES string of the molecule is CCNC(=NCC1(CC)CCC1)NCCC1CCCO1. The molecular formula is C16H31N3O. The molecule has 4 nitrogen and oxygen atoms in total. The Morgan fingerprint density at radius 1 is 1.25 bits per heavy atom. The van der Waals surface area contributed by atoms with E-state index >= 15 is 0 Å². The van der Waals surface area contributed by atoms with E-state index in [2.05, 4.69) is 24.5 Å². The van der Waals surface area contributed by atoms with Crippen molar-refractivity contribution in [2.24, 2.45) is 10.4 Å². The first kappa shape index (κ1) is 15.6. The van der Waals surface area contributed by atoms with Crippen molar-refractivity contribution >= 4 is 5.96 Å². The first-order chi connectivity index (χ1) is 9.78. The second-order valence-corrected chi connectivity index (χ2v) is 6.25. The van der Waals surface area contributed by atoms with E-state index in [9.17, 15) is 0 Å². The van der Waals surface area contributed by atoms with Crippen LogP contribution in [-0.4, -0.2) is 38.3 Å². The minimum absolute atomic E-state index is 0.457. The van der Waals surface area contributed by atoms with Crippen molar-refractivity contribution in [3.05, 3.63) is 0 Å². The van der Waals surface area contributed by atoms with E-state index in [-0.39, 0.29) is 0 Å². The Hall–Kier alpha value is -0.770. The number of hydrogen-bond acceptors (Lipinski definition) is 2. The van der Waals surface area contributed by atoms with Crippen molar-refractivity contribution in [2.45, 2.75) is 64.9 Å². The van der Waals surface area contributed by atoms with Crippen molar-refractivity contribution in [2.75, 3.05) is 26.2 Å². The quantitative estimate of drug-likeness (QED) is 0.557. The molecule has 2 rings (SSSR count). The zero-order valence-corrected chi connectivity index (χ0v) is 13.2. The highest BCUT2D eigenvalue weighted by molar-refractivity contribution is 5.79. The highest BCUT2D eigenvalue weighted by atomic mass is 16.5. The summed E-state index contributed by atoms with van der Waals surface area (Å²) in [5, 5.41) is 6.80. The average molecular weight is 281 g/mol. The summed E-state index contributed by atoms with van der Waals surface area (Å²) in [6.07, 6.45) is 9.32. The molecule has 2 N–H and O–H groups in total. The lowest BCUT2D eigenvalue weighted by atomic mass is 9.67. The maximum atomic E-state index is 5.65. The molecule has 1 heterocycles. The van der Waals surface area contributed by atoms with Crippen LogP contribution in [-0.2, 0) is 4.74 Å².